The number of anilines is 2. The first-order valence-corrected chi connectivity index (χ1v) is 8.84. The monoisotopic (exact) mass is 367 g/mol. The minimum Gasteiger partial charge on any atom is -0.494 e. The van der Waals surface area contributed by atoms with Gasteiger partial charge in [-0.15, -0.1) is 5.48 Å². The van der Waals surface area contributed by atoms with Crippen LogP contribution in [0.1, 0.15) is 25.1 Å². The number of benzene rings is 2. The second kappa shape index (κ2) is 8.95. The molecule has 0 aliphatic carbocycles. The van der Waals surface area contributed by atoms with E-state index < -0.39 is 0 Å². The molecule has 0 fully saturated rings. The second-order valence-corrected chi connectivity index (χ2v) is 6.14. The Labute approximate surface area is 157 Å². The number of fused-ring (bicyclic) bond motifs is 1. The van der Waals surface area contributed by atoms with Crippen molar-refractivity contribution >= 4 is 28.3 Å². The second-order valence-electron chi connectivity index (χ2n) is 6.14. The molecular weight excluding hydrogens is 344 g/mol. The predicted octanol–water partition coefficient (Wildman–Crippen LogP) is 2.99. The summed E-state index contributed by atoms with van der Waals surface area (Å²) >= 11 is 0. The lowest BCUT2D eigenvalue weighted by Crippen LogP contribution is -2.18. The first kappa shape index (κ1) is 18.6. The van der Waals surface area contributed by atoms with Gasteiger partial charge in [-0.2, -0.15) is 0 Å². The van der Waals surface area contributed by atoms with Crippen LogP contribution in [0, 0.1) is 6.92 Å². The molecule has 4 N–H and O–H groups in total. The number of rotatable bonds is 8. The molecule has 0 atom stereocenters. The highest BCUT2D eigenvalue weighted by Crippen LogP contribution is 2.25. The number of nitrogens with zero attached hydrogens (tertiary/aromatic N) is 2. The molecule has 0 aliphatic rings. The highest BCUT2D eigenvalue weighted by Gasteiger charge is 2.06. The highest BCUT2D eigenvalue weighted by molar-refractivity contribution is 5.90. The molecule has 1 heterocycles. The maximum atomic E-state index is 11.0. The fourth-order valence-corrected chi connectivity index (χ4v) is 2.70. The van der Waals surface area contributed by atoms with Gasteiger partial charge in [0.15, 0.2) is 0 Å². The Bertz CT molecular complexity index is 913. The Balaban J connectivity index is 1.58. The number of aryl methyl sites for hydroxylation is 1. The number of amides is 1. The Morgan fingerprint density at radius 1 is 1.07 bits per heavy atom. The third-order valence-electron chi connectivity index (χ3n) is 4.04. The maximum absolute atomic E-state index is 11.0. The quantitative estimate of drug-likeness (QED) is 0.362. The van der Waals surface area contributed by atoms with Gasteiger partial charge < -0.3 is 15.3 Å². The molecule has 7 nitrogen and oxygen atoms in total. The Morgan fingerprint density at radius 2 is 1.85 bits per heavy atom. The van der Waals surface area contributed by atoms with Crippen LogP contribution >= 0.6 is 0 Å². The van der Waals surface area contributed by atoms with Crippen molar-refractivity contribution in [3.8, 4) is 5.75 Å². The Morgan fingerprint density at radius 3 is 2.63 bits per heavy atom. The van der Waals surface area contributed by atoms with Gasteiger partial charge in [-0.25, -0.2) is 9.97 Å². The molecule has 140 valence electrons. The smallest absolute Gasteiger partial charge is 0.283 e. The van der Waals surface area contributed by atoms with E-state index in [1.165, 1.54) is 0 Å². The number of carbonyl (C=O) groups excluding carboxylic acids is 1. The zero-order valence-electron chi connectivity index (χ0n) is 15.2. The van der Waals surface area contributed by atoms with Gasteiger partial charge in [0.25, 0.3) is 5.91 Å². The van der Waals surface area contributed by atoms with Gasteiger partial charge in [-0.3, -0.25) is 4.79 Å². The van der Waals surface area contributed by atoms with Crippen molar-refractivity contribution in [1.82, 2.24) is 15.4 Å². The van der Waals surface area contributed by atoms with Crippen LogP contribution in [-0.2, 0) is 4.79 Å². The lowest BCUT2D eigenvalue weighted by Gasteiger charge is -2.11. The first-order chi connectivity index (χ1) is 13.2. The van der Waals surface area contributed by atoms with E-state index in [4.69, 9.17) is 9.94 Å². The van der Waals surface area contributed by atoms with Gasteiger partial charge in [0, 0.05) is 17.5 Å². The summed E-state index contributed by atoms with van der Waals surface area (Å²) in [6.45, 7) is 2.41. The van der Waals surface area contributed by atoms with Crippen LogP contribution in [0.15, 0.2) is 48.5 Å². The molecule has 0 unspecified atom stereocenters. The molecule has 3 rings (SSSR count). The van der Waals surface area contributed by atoms with E-state index in [0.717, 1.165) is 40.4 Å². The number of carbonyl (C=O) groups is 1. The van der Waals surface area contributed by atoms with Gasteiger partial charge >= 0.3 is 0 Å². The van der Waals surface area contributed by atoms with Gasteiger partial charge in [-0.05, 0) is 56.2 Å². The maximum Gasteiger partial charge on any atom is 0.283 e. The number of aromatic nitrogens is 2. The molecule has 3 aromatic rings. The van der Waals surface area contributed by atoms with Crippen LogP contribution in [0.25, 0.3) is 10.9 Å². The topological polar surface area (TPSA) is 99.0 Å². The van der Waals surface area contributed by atoms with E-state index in [-0.39, 0.29) is 5.91 Å². The summed E-state index contributed by atoms with van der Waals surface area (Å²) in [6.07, 6.45) is 1.81. The normalized spacial score (nSPS) is 10.6. The summed E-state index contributed by atoms with van der Waals surface area (Å²) in [6, 6.07) is 15.6. The van der Waals surface area contributed by atoms with Crippen LogP contribution in [0.2, 0.25) is 0 Å². The van der Waals surface area contributed by atoms with Crippen LogP contribution in [-0.4, -0.2) is 27.7 Å². The van der Waals surface area contributed by atoms with Crippen molar-refractivity contribution in [2.75, 3.05) is 11.9 Å². The lowest BCUT2D eigenvalue weighted by atomic mass is 10.2. The number of hydrogen-bond donors (Lipinski definition) is 2. The number of unbranched alkanes of at least 4 members (excludes halogenated alkanes) is 1. The highest BCUT2D eigenvalue weighted by atomic mass is 16.5. The molecule has 0 saturated carbocycles. The van der Waals surface area contributed by atoms with Crippen LogP contribution in [0.3, 0.4) is 0 Å². The van der Waals surface area contributed by atoms with E-state index >= 15 is 0 Å². The summed E-state index contributed by atoms with van der Waals surface area (Å²) in [5.74, 6) is 2.00. The molecule has 1 amide bonds. The van der Waals surface area contributed by atoms with Crippen molar-refractivity contribution < 1.29 is 14.7 Å². The summed E-state index contributed by atoms with van der Waals surface area (Å²) in [4.78, 5) is 19.9. The molecule has 0 bridgehead atoms. The lowest BCUT2D eigenvalue weighted by molar-refractivity contribution is -0.129. The Kier molecular flexibility index (Phi) is 6.17. The van der Waals surface area contributed by atoms with Crippen molar-refractivity contribution in [3.63, 3.8) is 0 Å². The molecule has 0 saturated heterocycles. The Hall–Kier alpha value is -3.19. The molecule has 2 aromatic carbocycles. The van der Waals surface area contributed by atoms with E-state index in [2.05, 4.69) is 15.3 Å². The van der Waals surface area contributed by atoms with Crippen molar-refractivity contribution in [3.05, 3.63) is 54.4 Å². The molecule has 0 spiro atoms. The van der Waals surface area contributed by atoms with E-state index in [0.29, 0.717) is 19.4 Å². The van der Waals surface area contributed by atoms with Crippen LogP contribution < -0.4 is 15.5 Å². The number of ether oxygens (including phenoxy) is 1. The fraction of sp³-hybridized carbons (Fsp3) is 0.250. The number of hydrogen-bond acceptors (Lipinski definition) is 5. The molecule has 1 aromatic heterocycles. The van der Waals surface area contributed by atoms with Gasteiger partial charge in [-0.1, -0.05) is 12.1 Å². The van der Waals surface area contributed by atoms with E-state index in [9.17, 15) is 4.79 Å². The zero-order chi connectivity index (χ0) is 19.1. The predicted molar refractivity (Wildman–Crippen MR) is 105 cm³/mol. The summed E-state index contributed by atoms with van der Waals surface area (Å²) in [5.41, 5.74) is 3.69. The molecule has 7 heteroatoms. The third kappa shape index (κ3) is 5.15. The minimum absolute atomic E-state index is 0.266. The average molecular weight is 367 g/mol. The minimum atomic E-state index is -0.266. The summed E-state index contributed by atoms with van der Waals surface area (Å²) in [5, 5.41) is 11.0. The van der Waals surface area contributed by atoms with Crippen LogP contribution in [0.4, 0.5) is 11.5 Å². The third-order valence-corrected chi connectivity index (χ3v) is 4.04. The van der Waals surface area contributed by atoms with Crippen molar-refractivity contribution in [1.29, 1.82) is 0 Å². The summed E-state index contributed by atoms with van der Waals surface area (Å²) in [7, 11) is 0. The van der Waals surface area contributed by atoms with E-state index in [1.54, 1.807) is 0 Å². The van der Waals surface area contributed by atoms with E-state index in [1.807, 2.05) is 60.9 Å². The number of nitrogens with one attached hydrogen (secondary N) is 2. The number of hydroxylamine groups is 1. The van der Waals surface area contributed by atoms with Crippen LogP contribution in [0.5, 0.6) is 5.75 Å². The summed E-state index contributed by atoms with van der Waals surface area (Å²) < 4.78 is 5.68. The molecule has 0 radical (unpaired) electrons. The molecule has 27 heavy (non-hydrogen) atoms. The molecular formula is C20H23N4O3+. The van der Waals surface area contributed by atoms with Crippen molar-refractivity contribution in [2.24, 2.45) is 0 Å². The SMILES string of the molecule is Cc1nc(Nc2ccc(OCCCCC(=O)N[OH2+])cc2)c2ccccc2n1. The fourth-order valence-electron chi connectivity index (χ4n) is 2.70. The first-order valence-electron chi connectivity index (χ1n) is 8.84. The standard InChI is InChI=1S/C20H22N4O3/c1-14-21-18-7-3-2-6-17(18)20(22-14)23-15-9-11-16(12-10-15)27-13-5-4-8-19(25)24-26/h2-3,6-7,9-12,26H,4-5,8,13H2,1H3,(H,24,25)(H,21,22,23)/p+1. The van der Waals surface area contributed by atoms with Gasteiger partial charge in [0.1, 0.15) is 17.4 Å². The van der Waals surface area contributed by atoms with Gasteiger partial charge in [0.05, 0.1) is 12.1 Å². The van der Waals surface area contributed by atoms with Gasteiger partial charge in [0.2, 0.25) is 0 Å². The zero-order valence-corrected chi connectivity index (χ0v) is 15.2. The average Bonchev–Trinajstić information content (AvgIpc) is 2.68. The van der Waals surface area contributed by atoms with Crippen molar-refractivity contribution in [2.45, 2.75) is 26.2 Å². The number of para-hydroxylation sites is 1. The molecule has 0 aliphatic heterocycles. The largest absolute Gasteiger partial charge is 0.494 e.